The lowest BCUT2D eigenvalue weighted by Gasteiger charge is -2.09. The topological polar surface area (TPSA) is 97.1 Å². The number of para-hydroxylation sites is 1. The number of carbonyl (C=O) groups excluding carboxylic acids is 1. The predicted molar refractivity (Wildman–Crippen MR) is 73.0 cm³/mol. The molecule has 1 aromatic heterocycles. The maximum Gasteiger partial charge on any atom is 0.311 e. The largest absolute Gasteiger partial charge is 0.481 e. The van der Waals surface area contributed by atoms with Crippen LogP contribution in [0.15, 0.2) is 36.5 Å². The third-order valence-electron chi connectivity index (χ3n) is 3.64. The molecule has 0 spiro atoms. The van der Waals surface area contributed by atoms with Crippen LogP contribution in [0.2, 0.25) is 0 Å². The molecule has 3 rings (SSSR count). The lowest BCUT2D eigenvalue weighted by molar-refractivity contribution is -0.143. The van der Waals surface area contributed by atoms with E-state index in [1.165, 1.54) is 10.9 Å². The number of nitrogens with zero attached hydrogens (tertiary/aromatic N) is 3. The van der Waals surface area contributed by atoms with E-state index >= 15 is 0 Å². The second-order valence-electron chi connectivity index (χ2n) is 5.15. The van der Waals surface area contributed by atoms with E-state index in [4.69, 9.17) is 5.11 Å². The Morgan fingerprint density at radius 2 is 2.00 bits per heavy atom. The molecule has 7 nitrogen and oxygen atoms in total. The number of nitrogens with one attached hydrogen (secondary N) is 1. The van der Waals surface area contributed by atoms with Crippen LogP contribution in [-0.2, 0) is 4.79 Å². The molecule has 0 unspecified atom stereocenters. The Kier molecular flexibility index (Phi) is 3.17. The van der Waals surface area contributed by atoms with E-state index in [9.17, 15) is 9.59 Å². The molecule has 0 radical (unpaired) electrons. The monoisotopic (exact) mass is 286 g/mol. The van der Waals surface area contributed by atoms with Crippen molar-refractivity contribution < 1.29 is 14.7 Å². The summed E-state index contributed by atoms with van der Waals surface area (Å²) >= 11 is 0. The molecule has 0 atom stereocenters. The quantitative estimate of drug-likeness (QED) is 0.849. The average molecular weight is 286 g/mol. The summed E-state index contributed by atoms with van der Waals surface area (Å²) < 4.78 is 1.50. The first-order valence-corrected chi connectivity index (χ1v) is 6.60. The van der Waals surface area contributed by atoms with Gasteiger partial charge in [0.1, 0.15) is 0 Å². The van der Waals surface area contributed by atoms with Crippen LogP contribution in [0.3, 0.4) is 0 Å². The Hall–Kier alpha value is -2.70. The molecular weight excluding hydrogens is 272 g/mol. The lowest BCUT2D eigenvalue weighted by Crippen LogP contribution is -2.34. The fourth-order valence-electron chi connectivity index (χ4n) is 2.03. The Morgan fingerprint density at radius 3 is 2.62 bits per heavy atom. The van der Waals surface area contributed by atoms with E-state index < -0.39 is 17.3 Å². The number of rotatable bonds is 5. The van der Waals surface area contributed by atoms with Gasteiger partial charge in [-0.1, -0.05) is 23.4 Å². The number of amides is 1. The molecule has 1 aliphatic carbocycles. The second-order valence-corrected chi connectivity index (χ2v) is 5.15. The highest BCUT2D eigenvalue weighted by molar-refractivity contribution is 5.92. The van der Waals surface area contributed by atoms with Crippen LogP contribution in [0, 0.1) is 5.41 Å². The van der Waals surface area contributed by atoms with Gasteiger partial charge in [-0.15, -0.1) is 5.10 Å². The first kappa shape index (κ1) is 13.3. The highest BCUT2D eigenvalue weighted by Crippen LogP contribution is 2.45. The summed E-state index contributed by atoms with van der Waals surface area (Å²) in [5.74, 6) is -1.28. The molecule has 108 valence electrons. The maximum atomic E-state index is 12.0. The van der Waals surface area contributed by atoms with Gasteiger partial charge in [-0.25, -0.2) is 4.68 Å². The zero-order chi connectivity index (χ0) is 14.9. The summed E-state index contributed by atoms with van der Waals surface area (Å²) in [5.41, 5.74) is 0.179. The SMILES string of the molecule is O=C(NCC1(C(=O)O)CC1)c1cn(-c2ccccc2)nn1. The zero-order valence-electron chi connectivity index (χ0n) is 11.2. The normalized spacial score (nSPS) is 15.4. The van der Waals surface area contributed by atoms with Crippen molar-refractivity contribution in [2.24, 2.45) is 5.41 Å². The molecule has 0 saturated heterocycles. The van der Waals surface area contributed by atoms with Crippen molar-refractivity contribution in [3.63, 3.8) is 0 Å². The molecule has 1 aliphatic rings. The third-order valence-corrected chi connectivity index (χ3v) is 3.64. The van der Waals surface area contributed by atoms with Gasteiger partial charge in [0.2, 0.25) is 0 Å². The Balaban J connectivity index is 1.66. The van der Waals surface area contributed by atoms with Gasteiger partial charge >= 0.3 is 5.97 Å². The maximum absolute atomic E-state index is 12.0. The van der Waals surface area contributed by atoms with Gasteiger partial charge in [0.05, 0.1) is 17.3 Å². The average Bonchev–Trinajstić information content (AvgIpc) is 3.14. The van der Waals surface area contributed by atoms with Gasteiger partial charge in [0, 0.05) is 6.54 Å². The lowest BCUT2D eigenvalue weighted by atomic mass is 10.1. The molecule has 2 aromatic rings. The standard InChI is InChI=1S/C14H14N4O3/c19-12(15-9-14(6-7-14)13(20)21)11-8-18(17-16-11)10-4-2-1-3-5-10/h1-5,8H,6-7,9H2,(H,15,19)(H,20,21). The molecule has 1 aromatic carbocycles. The summed E-state index contributed by atoms with van der Waals surface area (Å²) in [6.07, 6.45) is 2.71. The van der Waals surface area contributed by atoms with E-state index in [0.717, 1.165) is 5.69 Å². The Labute approximate surface area is 120 Å². The number of benzene rings is 1. The molecule has 7 heteroatoms. The molecule has 1 heterocycles. The summed E-state index contributed by atoms with van der Waals surface area (Å²) in [7, 11) is 0. The number of carbonyl (C=O) groups is 2. The van der Waals surface area contributed by atoms with E-state index in [0.29, 0.717) is 12.8 Å². The molecule has 1 saturated carbocycles. The minimum Gasteiger partial charge on any atom is -0.481 e. The van der Waals surface area contributed by atoms with E-state index in [1.807, 2.05) is 30.3 Å². The van der Waals surface area contributed by atoms with Gasteiger partial charge in [-0.05, 0) is 25.0 Å². The molecule has 21 heavy (non-hydrogen) atoms. The van der Waals surface area contributed by atoms with E-state index in [2.05, 4.69) is 15.6 Å². The Morgan fingerprint density at radius 1 is 1.29 bits per heavy atom. The number of carboxylic acid groups (broad SMARTS) is 1. The van der Waals surface area contributed by atoms with Gasteiger partial charge in [0.25, 0.3) is 5.91 Å². The van der Waals surface area contributed by atoms with Crippen molar-refractivity contribution >= 4 is 11.9 Å². The summed E-state index contributed by atoms with van der Waals surface area (Å²) in [6.45, 7) is 0.124. The molecule has 1 amide bonds. The minimum atomic E-state index is -0.865. The van der Waals surface area contributed by atoms with Gasteiger partial charge in [0.15, 0.2) is 5.69 Å². The zero-order valence-corrected chi connectivity index (χ0v) is 11.2. The second kappa shape index (κ2) is 5.01. The third kappa shape index (κ3) is 2.62. The number of hydrogen-bond donors (Lipinski definition) is 2. The van der Waals surface area contributed by atoms with Crippen molar-refractivity contribution in [1.29, 1.82) is 0 Å². The van der Waals surface area contributed by atoms with Gasteiger partial charge in [-0.3, -0.25) is 9.59 Å². The minimum absolute atomic E-state index is 0.124. The van der Waals surface area contributed by atoms with Crippen LogP contribution in [-0.4, -0.2) is 38.5 Å². The van der Waals surface area contributed by atoms with Crippen LogP contribution in [0.1, 0.15) is 23.3 Å². The Bertz CT molecular complexity index is 677. The van der Waals surface area contributed by atoms with Crippen molar-refractivity contribution in [2.45, 2.75) is 12.8 Å². The number of hydrogen-bond acceptors (Lipinski definition) is 4. The summed E-state index contributed by atoms with van der Waals surface area (Å²) in [6, 6.07) is 9.30. The van der Waals surface area contributed by atoms with Crippen LogP contribution >= 0.6 is 0 Å². The highest BCUT2D eigenvalue weighted by atomic mass is 16.4. The fourth-order valence-corrected chi connectivity index (χ4v) is 2.03. The summed E-state index contributed by atoms with van der Waals surface area (Å²) in [4.78, 5) is 23.0. The molecule has 2 N–H and O–H groups in total. The van der Waals surface area contributed by atoms with Crippen LogP contribution in [0.5, 0.6) is 0 Å². The number of aliphatic carboxylic acids is 1. The van der Waals surface area contributed by atoms with Crippen LogP contribution in [0.4, 0.5) is 0 Å². The molecule has 0 bridgehead atoms. The summed E-state index contributed by atoms with van der Waals surface area (Å²) in [5, 5.41) is 19.4. The molecular formula is C14H14N4O3. The first-order valence-electron chi connectivity index (χ1n) is 6.60. The van der Waals surface area contributed by atoms with Crippen molar-refractivity contribution in [2.75, 3.05) is 6.54 Å². The van der Waals surface area contributed by atoms with Gasteiger partial charge < -0.3 is 10.4 Å². The highest BCUT2D eigenvalue weighted by Gasteiger charge is 2.50. The smallest absolute Gasteiger partial charge is 0.311 e. The fraction of sp³-hybridized carbons (Fsp3) is 0.286. The van der Waals surface area contributed by atoms with Crippen molar-refractivity contribution in [3.05, 3.63) is 42.2 Å². The van der Waals surface area contributed by atoms with E-state index in [-0.39, 0.29) is 12.2 Å². The number of carboxylic acids is 1. The van der Waals surface area contributed by atoms with Gasteiger partial charge in [-0.2, -0.15) is 0 Å². The first-order chi connectivity index (χ1) is 10.1. The van der Waals surface area contributed by atoms with Crippen molar-refractivity contribution in [3.8, 4) is 5.69 Å². The van der Waals surface area contributed by atoms with Crippen molar-refractivity contribution in [1.82, 2.24) is 20.3 Å². The van der Waals surface area contributed by atoms with Crippen LogP contribution < -0.4 is 5.32 Å². The predicted octanol–water partition coefficient (Wildman–Crippen LogP) is 0.862. The van der Waals surface area contributed by atoms with Crippen LogP contribution in [0.25, 0.3) is 5.69 Å². The van der Waals surface area contributed by atoms with E-state index in [1.54, 1.807) is 0 Å². The number of aromatic nitrogens is 3. The molecule has 0 aliphatic heterocycles. The molecule has 1 fully saturated rings.